The highest BCUT2D eigenvalue weighted by Crippen LogP contribution is 2.29. The summed E-state index contributed by atoms with van der Waals surface area (Å²) in [5, 5.41) is 25.4. The molecule has 1 heterocycles. The van der Waals surface area contributed by atoms with Crippen LogP contribution in [0.1, 0.15) is 5.56 Å². The van der Waals surface area contributed by atoms with Crippen molar-refractivity contribution in [2.75, 3.05) is 16.4 Å². The van der Waals surface area contributed by atoms with Crippen molar-refractivity contribution in [1.29, 1.82) is 0 Å². The number of aryl methyl sites for hydroxylation is 1. The van der Waals surface area contributed by atoms with Gasteiger partial charge >= 0.3 is 0 Å². The molecule has 0 spiro atoms. The molecule has 0 saturated carbocycles. The average Bonchev–Trinajstić information content (AvgIpc) is 3.09. The van der Waals surface area contributed by atoms with Gasteiger partial charge in [-0.3, -0.25) is 14.9 Å². The zero-order valence-corrected chi connectivity index (χ0v) is 16.9. The number of nitrogens with one attached hydrogen (secondary N) is 2. The van der Waals surface area contributed by atoms with Gasteiger partial charge in [0, 0.05) is 17.8 Å². The maximum atomic E-state index is 12.1. The molecule has 0 radical (unpaired) electrons. The lowest BCUT2D eigenvalue weighted by atomic mass is 10.2. The first-order valence-corrected chi connectivity index (χ1v) is 10.1. The largest absolute Gasteiger partial charge is 0.330 e. The van der Waals surface area contributed by atoms with Gasteiger partial charge in [-0.05, 0) is 30.7 Å². The fraction of sp³-hybridized carbons (Fsp3) is 0.118. The SMILES string of the molecule is Cc1cccc(Nc2nnc(SCC(=O)Nc3ccc([N+](=O)[O-])cc3Cl)s2)c1. The van der Waals surface area contributed by atoms with E-state index in [1.54, 1.807) is 0 Å². The van der Waals surface area contributed by atoms with E-state index >= 15 is 0 Å². The summed E-state index contributed by atoms with van der Waals surface area (Å²) >= 11 is 8.55. The molecule has 0 bridgehead atoms. The summed E-state index contributed by atoms with van der Waals surface area (Å²) < 4.78 is 0.639. The Morgan fingerprint density at radius 2 is 2.11 bits per heavy atom. The third-order valence-electron chi connectivity index (χ3n) is 3.44. The molecule has 0 aliphatic carbocycles. The fourth-order valence-electron chi connectivity index (χ4n) is 2.20. The van der Waals surface area contributed by atoms with Gasteiger partial charge in [-0.25, -0.2) is 0 Å². The Morgan fingerprint density at radius 3 is 2.82 bits per heavy atom. The van der Waals surface area contributed by atoms with Gasteiger partial charge in [0.15, 0.2) is 4.34 Å². The fourth-order valence-corrected chi connectivity index (χ4v) is 3.99. The second-order valence-electron chi connectivity index (χ2n) is 5.63. The lowest BCUT2D eigenvalue weighted by Crippen LogP contribution is -2.14. The molecule has 0 aliphatic heterocycles. The highest BCUT2D eigenvalue weighted by molar-refractivity contribution is 8.01. The quantitative estimate of drug-likeness (QED) is 0.309. The molecule has 11 heteroatoms. The van der Waals surface area contributed by atoms with Crippen molar-refractivity contribution >= 4 is 62.8 Å². The summed E-state index contributed by atoms with van der Waals surface area (Å²) in [6.07, 6.45) is 0. The predicted octanol–water partition coefficient (Wildman–Crippen LogP) is 4.88. The van der Waals surface area contributed by atoms with Gasteiger partial charge in [-0.15, -0.1) is 10.2 Å². The molecular formula is C17H14ClN5O3S2. The van der Waals surface area contributed by atoms with E-state index in [1.807, 2.05) is 31.2 Å². The van der Waals surface area contributed by atoms with Crippen molar-refractivity contribution in [3.63, 3.8) is 0 Å². The Bertz CT molecular complexity index is 1030. The standard InChI is InChI=1S/C17H14ClN5O3S2/c1-10-3-2-4-11(7-10)19-16-21-22-17(28-16)27-9-15(24)20-14-6-5-12(23(25)26)8-13(14)18/h2-8H,9H2,1H3,(H,19,21)(H,20,24). The lowest BCUT2D eigenvalue weighted by Gasteiger charge is -2.06. The van der Waals surface area contributed by atoms with E-state index in [9.17, 15) is 14.9 Å². The molecule has 3 aromatic rings. The van der Waals surface area contributed by atoms with Gasteiger partial charge in [-0.1, -0.05) is 46.8 Å². The van der Waals surface area contributed by atoms with E-state index in [2.05, 4.69) is 20.8 Å². The predicted molar refractivity (Wildman–Crippen MR) is 112 cm³/mol. The van der Waals surface area contributed by atoms with Crippen LogP contribution in [0.3, 0.4) is 0 Å². The number of rotatable bonds is 7. The highest BCUT2D eigenvalue weighted by atomic mass is 35.5. The second kappa shape index (κ2) is 9.00. The van der Waals surface area contributed by atoms with Gasteiger partial charge in [0.1, 0.15) is 0 Å². The van der Waals surface area contributed by atoms with Crippen LogP contribution in [0.5, 0.6) is 0 Å². The highest BCUT2D eigenvalue weighted by Gasteiger charge is 2.13. The number of non-ortho nitro benzene ring substituents is 1. The number of carbonyl (C=O) groups excluding carboxylic acids is 1. The van der Waals surface area contributed by atoms with Gasteiger partial charge in [0.2, 0.25) is 11.0 Å². The molecular weight excluding hydrogens is 422 g/mol. The number of hydrogen-bond acceptors (Lipinski definition) is 8. The first kappa shape index (κ1) is 20.1. The molecule has 0 atom stereocenters. The van der Waals surface area contributed by atoms with Crippen molar-refractivity contribution in [3.05, 3.63) is 63.2 Å². The number of benzene rings is 2. The Morgan fingerprint density at radius 1 is 1.29 bits per heavy atom. The average molecular weight is 436 g/mol. The smallest absolute Gasteiger partial charge is 0.271 e. The Kier molecular flexibility index (Phi) is 6.45. The summed E-state index contributed by atoms with van der Waals surface area (Å²) in [6.45, 7) is 2.00. The molecule has 1 aromatic heterocycles. The number of thioether (sulfide) groups is 1. The molecule has 0 unspecified atom stereocenters. The number of halogens is 1. The summed E-state index contributed by atoms with van der Waals surface area (Å²) in [5.41, 5.74) is 2.22. The maximum Gasteiger partial charge on any atom is 0.271 e. The first-order chi connectivity index (χ1) is 13.4. The minimum atomic E-state index is -0.550. The van der Waals surface area contributed by atoms with Gasteiger partial charge in [0.05, 0.1) is 21.4 Å². The third-order valence-corrected chi connectivity index (χ3v) is 5.72. The van der Waals surface area contributed by atoms with E-state index < -0.39 is 4.92 Å². The monoisotopic (exact) mass is 435 g/mol. The van der Waals surface area contributed by atoms with Crippen LogP contribution in [0.15, 0.2) is 46.8 Å². The molecule has 2 aromatic carbocycles. The summed E-state index contributed by atoms with van der Waals surface area (Å²) in [6, 6.07) is 11.8. The number of anilines is 3. The van der Waals surface area contributed by atoms with Crippen LogP contribution in [0.4, 0.5) is 22.2 Å². The number of amides is 1. The Labute approximate surface area is 173 Å². The van der Waals surface area contributed by atoms with Crippen molar-refractivity contribution in [1.82, 2.24) is 10.2 Å². The summed E-state index contributed by atoms with van der Waals surface area (Å²) in [5.74, 6) is -0.198. The van der Waals surface area contributed by atoms with E-state index in [4.69, 9.17) is 11.6 Å². The van der Waals surface area contributed by atoms with Crippen LogP contribution in [0.25, 0.3) is 0 Å². The minimum absolute atomic E-state index is 0.104. The molecule has 2 N–H and O–H groups in total. The van der Waals surface area contributed by atoms with Crippen molar-refractivity contribution in [2.24, 2.45) is 0 Å². The molecule has 3 rings (SSSR count). The number of nitro benzene ring substituents is 1. The first-order valence-electron chi connectivity index (χ1n) is 7.94. The summed E-state index contributed by atoms with van der Waals surface area (Å²) in [4.78, 5) is 22.3. The molecule has 1 amide bonds. The molecule has 28 heavy (non-hydrogen) atoms. The normalized spacial score (nSPS) is 10.5. The van der Waals surface area contributed by atoms with E-state index in [-0.39, 0.29) is 22.4 Å². The van der Waals surface area contributed by atoms with Crippen molar-refractivity contribution in [3.8, 4) is 0 Å². The van der Waals surface area contributed by atoms with Crippen molar-refractivity contribution in [2.45, 2.75) is 11.3 Å². The Hall–Kier alpha value is -2.69. The van der Waals surface area contributed by atoms with Gasteiger partial charge in [-0.2, -0.15) is 0 Å². The van der Waals surface area contributed by atoms with Crippen LogP contribution in [-0.4, -0.2) is 26.8 Å². The Balaban J connectivity index is 1.54. The molecule has 0 fully saturated rings. The van der Waals surface area contributed by atoms with Crippen LogP contribution in [-0.2, 0) is 4.79 Å². The molecule has 8 nitrogen and oxygen atoms in total. The molecule has 144 valence electrons. The lowest BCUT2D eigenvalue weighted by molar-refractivity contribution is -0.384. The number of nitrogens with zero attached hydrogens (tertiary/aromatic N) is 3. The number of nitro groups is 1. The molecule has 0 aliphatic rings. The minimum Gasteiger partial charge on any atom is -0.330 e. The zero-order chi connectivity index (χ0) is 20.1. The zero-order valence-electron chi connectivity index (χ0n) is 14.5. The molecule has 0 saturated heterocycles. The van der Waals surface area contributed by atoms with Crippen LogP contribution >= 0.6 is 34.7 Å². The third kappa shape index (κ3) is 5.41. The van der Waals surface area contributed by atoms with E-state index in [1.165, 1.54) is 41.3 Å². The van der Waals surface area contributed by atoms with Crippen molar-refractivity contribution < 1.29 is 9.72 Å². The maximum absolute atomic E-state index is 12.1. The summed E-state index contributed by atoms with van der Waals surface area (Å²) in [7, 11) is 0. The van der Waals surface area contributed by atoms with Crippen LogP contribution in [0, 0.1) is 17.0 Å². The number of hydrogen-bond donors (Lipinski definition) is 2. The van der Waals surface area contributed by atoms with E-state index in [0.29, 0.717) is 15.2 Å². The van der Waals surface area contributed by atoms with Gasteiger partial charge < -0.3 is 10.6 Å². The number of aromatic nitrogens is 2. The van der Waals surface area contributed by atoms with Crippen LogP contribution < -0.4 is 10.6 Å². The second-order valence-corrected chi connectivity index (χ2v) is 8.23. The topological polar surface area (TPSA) is 110 Å². The van der Waals surface area contributed by atoms with E-state index in [0.717, 1.165) is 11.3 Å². The van der Waals surface area contributed by atoms with Gasteiger partial charge in [0.25, 0.3) is 5.69 Å². The number of carbonyl (C=O) groups is 1. The van der Waals surface area contributed by atoms with Crippen LogP contribution in [0.2, 0.25) is 5.02 Å².